The first-order valence-electron chi connectivity index (χ1n) is 8.90. The number of aliphatic hydroxyl groups excluding tert-OH is 1. The van der Waals surface area contributed by atoms with Gasteiger partial charge in [-0.15, -0.1) is 0 Å². The molecule has 126 valence electrons. The summed E-state index contributed by atoms with van der Waals surface area (Å²) >= 11 is 0. The molecule has 0 saturated carbocycles. The highest BCUT2D eigenvalue weighted by atomic mass is 16.3. The number of aliphatic hydroxyl groups is 1. The predicted molar refractivity (Wildman–Crippen MR) is 97.8 cm³/mol. The molecule has 5 heteroatoms. The molecule has 25 heavy (non-hydrogen) atoms. The van der Waals surface area contributed by atoms with E-state index in [1.54, 1.807) is 6.08 Å². The number of dihydropyridines is 1. The maximum absolute atomic E-state index is 9.87. The Morgan fingerprint density at radius 2 is 2.16 bits per heavy atom. The Balaban J connectivity index is 1.74. The molecule has 0 atom stereocenters. The third kappa shape index (κ3) is 2.30. The van der Waals surface area contributed by atoms with Crippen LogP contribution in [0.3, 0.4) is 0 Å². The number of hydrogen-bond donors (Lipinski definition) is 2. The third-order valence-corrected chi connectivity index (χ3v) is 5.20. The molecular formula is C20H20N4O. The van der Waals surface area contributed by atoms with Crippen molar-refractivity contribution in [1.82, 2.24) is 20.1 Å². The van der Waals surface area contributed by atoms with Crippen molar-refractivity contribution < 1.29 is 5.11 Å². The molecule has 4 heterocycles. The number of nitrogens with one attached hydrogen (secondary N) is 1. The lowest BCUT2D eigenvalue weighted by Crippen LogP contribution is -2.16. The number of pyridine rings is 1. The Hall–Kier alpha value is -2.82. The molecule has 0 unspecified atom stereocenters. The molecule has 0 radical (unpaired) electrons. The van der Waals surface area contributed by atoms with Crippen molar-refractivity contribution in [2.45, 2.75) is 32.2 Å². The minimum Gasteiger partial charge on any atom is -0.512 e. The van der Waals surface area contributed by atoms with Crippen molar-refractivity contribution in [3.05, 3.63) is 58.9 Å². The van der Waals surface area contributed by atoms with E-state index in [0.717, 1.165) is 49.4 Å². The zero-order valence-electron chi connectivity index (χ0n) is 14.0. The van der Waals surface area contributed by atoms with Gasteiger partial charge in [0, 0.05) is 43.0 Å². The first-order chi connectivity index (χ1) is 12.3. The van der Waals surface area contributed by atoms with Crippen LogP contribution in [0.2, 0.25) is 0 Å². The summed E-state index contributed by atoms with van der Waals surface area (Å²) in [5, 5.41) is 18.2. The van der Waals surface area contributed by atoms with E-state index >= 15 is 0 Å². The maximum Gasteiger partial charge on any atom is 0.116 e. The summed E-state index contributed by atoms with van der Waals surface area (Å²) in [6, 6.07) is 2.11. The summed E-state index contributed by atoms with van der Waals surface area (Å²) in [6.07, 6.45) is 13.6. The zero-order chi connectivity index (χ0) is 16.8. The highest BCUT2D eigenvalue weighted by molar-refractivity contribution is 5.84. The van der Waals surface area contributed by atoms with Crippen molar-refractivity contribution in [2.75, 3.05) is 6.54 Å². The maximum atomic E-state index is 9.87. The molecule has 0 fully saturated rings. The molecule has 2 aromatic heterocycles. The highest BCUT2D eigenvalue weighted by Gasteiger charge is 2.27. The summed E-state index contributed by atoms with van der Waals surface area (Å²) in [5.74, 6) is 0.416. The van der Waals surface area contributed by atoms with E-state index in [1.807, 2.05) is 6.20 Å². The molecule has 3 aliphatic rings. The number of nitrogens with zero attached hydrogens (tertiary/aromatic N) is 3. The molecule has 2 aliphatic heterocycles. The van der Waals surface area contributed by atoms with Crippen molar-refractivity contribution >= 4 is 11.8 Å². The van der Waals surface area contributed by atoms with Crippen LogP contribution in [0, 0.1) is 0 Å². The third-order valence-electron chi connectivity index (χ3n) is 5.20. The van der Waals surface area contributed by atoms with E-state index in [0.29, 0.717) is 12.2 Å². The Morgan fingerprint density at radius 1 is 1.20 bits per heavy atom. The van der Waals surface area contributed by atoms with Gasteiger partial charge in [0.2, 0.25) is 0 Å². The highest BCUT2D eigenvalue weighted by Crippen LogP contribution is 2.39. The molecular weight excluding hydrogens is 312 g/mol. The van der Waals surface area contributed by atoms with E-state index in [2.05, 4.69) is 39.3 Å². The minimum absolute atomic E-state index is 0.416. The Morgan fingerprint density at radius 3 is 3.04 bits per heavy atom. The number of aryl methyl sites for hydroxylation is 1. The quantitative estimate of drug-likeness (QED) is 0.886. The monoisotopic (exact) mass is 332 g/mol. The first-order valence-corrected chi connectivity index (χ1v) is 8.90. The molecule has 1 aliphatic carbocycles. The molecule has 5 nitrogen and oxygen atoms in total. The van der Waals surface area contributed by atoms with E-state index < -0.39 is 0 Å². The fraction of sp³-hybridized carbons (Fsp3) is 0.300. The molecule has 5 rings (SSSR count). The summed E-state index contributed by atoms with van der Waals surface area (Å²) in [4.78, 5) is 4.47. The van der Waals surface area contributed by atoms with Crippen LogP contribution in [0.15, 0.2) is 36.3 Å². The Labute approximate surface area is 146 Å². The fourth-order valence-corrected chi connectivity index (χ4v) is 4.04. The number of aromatic nitrogens is 3. The van der Waals surface area contributed by atoms with Gasteiger partial charge in [0.15, 0.2) is 0 Å². The molecule has 2 aromatic rings. The van der Waals surface area contributed by atoms with Gasteiger partial charge in [-0.25, -0.2) is 0 Å². The van der Waals surface area contributed by atoms with Gasteiger partial charge < -0.3 is 10.4 Å². The number of allylic oxidation sites excluding steroid dienone is 3. The summed E-state index contributed by atoms with van der Waals surface area (Å²) < 4.78 is 2.16. The van der Waals surface area contributed by atoms with Crippen LogP contribution in [0.1, 0.15) is 35.5 Å². The second-order valence-corrected chi connectivity index (χ2v) is 6.74. The van der Waals surface area contributed by atoms with E-state index in [1.165, 1.54) is 22.4 Å². The fourth-order valence-electron chi connectivity index (χ4n) is 4.04. The van der Waals surface area contributed by atoms with E-state index in [4.69, 9.17) is 5.10 Å². The van der Waals surface area contributed by atoms with Gasteiger partial charge in [0.25, 0.3) is 0 Å². The second kappa shape index (κ2) is 5.62. The van der Waals surface area contributed by atoms with Crippen LogP contribution in [0.25, 0.3) is 22.9 Å². The van der Waals surface area contributed by atoms with Gasteiger partial charge in [-0.3, -0.25) is 9.67 Å². The predicted octanol–water partition coefficient (Wildman–Crippen LogP) is 3.24. The van der Waals surface area contributed by atoms with E-state index in [-0.39, 0.29) is 0 Å². The molecule has 2 N–H and O–H groups in total. The minimum atomic E-state index is 0.416. The van der Waals surface area contributed by atoms with Crippen molar-refractivity contribution in [1.29, 1.82) is 0 Å². The van der Waals surface area contributed by atoms with Gasteiger partial charge in [-0.1, -0.05) is 12.2 Å². The van der Waals surface area contributed by atoms with Crippen LogP contribution in [0.4, 0.5) is 0 Å². The van der Waals surface area contributed by atoms with Crippen molar-refractivity contribution in [3.8, 4) is 11.1 Å². The topological polar surface area (TPSA) is 63.0 Å². The molecule has 0 aromatic carbocycles. The van der Waals surface area contributed by atoms with Crippen molar-refractivity contribution in [2.24, 2.45) is 0 Å². The van der Waals surface area contributed by atoms with Gasteiger partial charge in [-0.05, 0) is 42.5 Å². The molecule has 0 spiro atoms. The normalized spacial score (nSPS) is 18.2. The van der Waals surface area contributed by atoms with Gasteiger partial charge in [-0.2, -0.15) is 5.10 Å². The number of rotatable bonds is 2. The summed E-state index contributed by atoms with van der Waals surface area (Å²) in [5.41, 5.74) is 7.99. The lowest BCUT2D eigenvalue weighted by atomic mass is 9.90. The molecule has 0 bridgehead atoms. The first kappa shape index (κ1) is 14.5. The lowest BCUT2D eigenvalue weighted by molar-refractivity contribution is 0.391. The van der Waals surface area contributed by atoms with Crippen LogP contribution >= 0.6 is 0 Å². The average molecular weight is 332 g/mol. The second-order valence-electron chi connectivity index (χ2n) is 6.74. The van der Waals surface area contributed by atoms with Gasteiger partial charge in [0.1, 0.15) is 5.69 Å². The molecule has 0 amide bonds. The largest absolute Gasteiger partial charge is 0.512 e. The number of hydrogen-bond acceptors (Lipinski definition) is 4. The van der Waals surface area contributed by atoms with Crippen molar-refractivity contribution in [3.63, 3.8) is 0 Å². The Bertz CT molecular complexity index is 949. The van der Waals surface area contributed by atoms with Crippen LogP contribution in [0.5, 0.6) is 0 Å². The summed E-state index contributed by atoms with van der Waals surface area (Å²) in [7, 11) is 0. The van der Waals surface area contributed by atoms with Gasteiger partial charge in [0.05, 0.1) is 17.2 Å². The van der Waals surface area contributed by atoms with Crippen LogP contribution < -0.4 is 5.32 Å². The summed E-state index contributed by atoms with van der Waals surface area (Å²) in [6.45, 7) is 1.82. The molecule has 0 saturated heterocycles. The average Bonchev–Trinajstić information content (AvgIpc) is 3.22. The van der Waals surface area contributed by atoms with Crippen LogP contribution in [-0.4, -0.2) is 26.4 Å². The smallest absolute Gasteiger partial charge is 0.116 e. The Kier molecular flexibility index (Phi) is 3.26. The van der Waals surface area contributed by atoms with E-state index in [9.17, 15) is 5.11 Å². The zero-order valence-corrected chi connectivity index (χ0v) is 14.0. The number of fused-ring (bicyclic) bond motifs is 2. The lowest BCUT2D eigenvalue weighted by Gasteiger charge is -2.18. The standard InChI is InChI=1S/C20H20N4O/c25-13-6-7-14-15(8-10-22-17(14)12-13)19-18-5-3-11-24(18)23-20(19)16-4-1-2-9-21-16/h1-2,4,8,10,12,21,25H,3,5-7,9,11H2. The SMILES string of the molecule is OC1=Cc2nccc(-c3c(C4=CC=CCN4)nn4c3CCC4)c2CC1. The van der Waals surface area contributed by atoms with Gasteiger partial charge >= 0.3 is 0 Å². The van der Waals surface area contributed by atoms with Crippen LogP contribution in [-0.2, 0) is 19.4 Å².